The summed E-state index contributed by atoms with van der Waals surface area (Å²) in [6.45, 7) is -1.07. The van der Waals surface area contributed by atoms with Gasteiger partial charge in [-0.3, -0.25) is 0 Å². The van der Waals surface area contributed by atoms with Crippen LogP contribution in [0.3, 0.4) is 0 Å². The van der Waals surface area contributed by atoms with Gasteiger partial charge >= 0.3 is 0 Å². The Morgan fingerprint density at radius 1 is 0.921 bits per heavy atom. The molecule has 0 amide bonds. The van der Waals surface area contributed by atoms with E-state index in [1.807, 2.05) is 0 Å². The first-order valence-corrected chi connectivity index (χ1v) is 11.8. The van der Waals surface area contributed by atoms with E-state index in [2.05, 4.69) is 0 Å². The fraction of sp³-hybridized carbons (Fsp3) is 0.462. The molecule has 12 heteroatoms. The van der Waals surface area contributed by atoms with E-state index in [1.165, 1.54) is 32.4 Å². The van der Waals surface area contributed by atoms with E-state index >= 15 is 0 Å². The average molecular weight is 539 g/mol. The molecular weight excluding hydrogens is 504 g/mol. The van der Waals surface area contributed by atoms with E-state index < -0.39 is 56.1 Å². The van der Waals surface area contributed by atoms with Crippen LogP contribution in [0.25, 0.3) is 6.08 Å². The number of hydrogen-bond donors (Lipinski definition) is 7. The molecule has 0 aliphatic carbocycles. The molecular formula is C26H34O12. The van der Waals surface area contributed by atoms with Gasteiger partial charge < -0.3 is 59.4 Å². The smallest absolute Gasteiger partial charge is 0.187 e. The number of aromatic hydroxyl groups is 1. The molecule has 0 unspecified atom stereocenters. The first-order valence-electron chi connectivity index (χ1n) is 11.8. The molecule has 2 aromatic carbocycles. The lowest BCUT2D eigenvalue weighted by Gasteiger charge is -2.39. The van der Waals surface area contributed by atoms with Crippen molar-refractivity contribution in [1.82, 2.24) is 0 Å². The maximum atomic E-state index is 10.7. The van der Waals surface area contributed by atoms with Crippen molar-refractivity contribution in [2.45, 2.75) is 42.9 Å². The second-order valence-corrected chi connectivity index (χ2v) is 8.56. The fourth-order valence-electron chi connectivity index (χ4n) is 3.88. The summed E-state index contributed by atoms with van der Waals surface area (Å²) in [7, 11) is 2.82. The van der Waals surface area contributed by atoms with Crippen LogP contribution in [0.5, 0.6) is 23.0 Å². The Bertz CT molecular complexity index is 1060. The monoisotopic (exact) mass is 538 g/mol. The van der Waals surface area contributed by atoms with Crippen LogP contribution in [-0.2, 0) is 9.47 Å². The zero-order valence-electron chi connectivity index (χ0n) is 21.0. The highest BCUT2D eigenvalue weighted by Crippen LogP contribution is 2.34. The van der Waals surface area contributed by atoms with Gasteiger partial charge in [0.1, 0.15) is 30.5 Å². The van der Waals surface area contributed by atoms with Crippen molar-refractivity contribution in [1.29, 1.82) is 0 Å². The molecule has 1 aliphatic rings. The van der Waals surface area contributed by atoms with Crippen molar-refractivity contribution in [2.24, 2.45) is 0 Å². The second-order valence-electron chi connectivity index (χ2n) is 8.56. The van der Waals surface area contributed by atoms with E-state index in [0.717, 1.165) is 0 Å². The van der Waals surface area contributed by atoms with Crippen LogP contribution in [-0.4, -0.2) is 107 Å². The molecule has 38 heavy (non-hydrogen) atoms. The Kier molecular flexibility index (Phi) is 10.7. The number of ether oxygens (including phenoxy) is 5. The molecule has 210 valence electrons. The minimum absolute atomic E-state index is 0.0157. The average Bonchev–Trinajstić information content (AvgIpc) is 2.94. The molecule has 12 nitrogen and oxygen atoms in total. The van der Waals surface area contributed by atoms with Gasteiger partial charge in [0.15, 0.2) is 35.4 Å². The number of phenolic OH excluding ortho intramolecular Hbond substituents is 1. The van der Waals surface area contributed by atoms with Crippen LogP contribution in [0, 0.1) is 0 Å². The number of phenols is 1. The van der Waals surface area contributed by atoms with Gasteiger partial charge in [0.05, 0.1) is 34.0 Å². The lowest BCUT2D eigenvalue weighted by atomic mass is 9.99. The zero-order chi connectivity index (χ0) is 27.8. The van der Waals surface area contributed by atoms with Crippen molar-refractivity contribution in [3.05, 3.63) is 53.6 Å². The number of aliphatic hydroxyl groups is 6. The third kappa shape index (κ3) is 6.92. The van der Waals surface area contributed by atoms with Crippen LogP contribution in [0.15, 0.2) is 42.5 Å². The molecule has 1 saturated heterocycles. The summed E-state index contributed by atoms with van der Waals surface area (Å²) in [6.07, 6.45) is -5.75. The summed E-state index contributed by atoms with van der Waals surface area (Å²) in [4.78, 5) is 0. The standard InChI is InChI=1S/C26H34O12/c1-34-18-11-15(6-7-16(18)29)22(30)20(12-27)37-17-8-5-14(10-19(17)35-2)4-3-9-36-26-25(33)24(32)23(31)21(13-28)38-26/h3-8,10-11,20-33H,9,12-13H2,1-2H3/b4-3-/t20-,21-,22+,23-,24+,25-,26-/m1/s1. The molecule has 7 atom stereocenters. The van der Waals surface area contributed by atoms with E-state index in [4.69, 9.17) is 23.7 Å². The summed E-state index contributed by atoms with van der Waals surface area (Å²) < 4.78 is 27.0. The predicted molar refractivity (Wildman–Crippen MR) is 133 cm³/mol. The summed E-state index contributed by atoms with van der Waals surface area (Å²) in [5.74, 6) is 0.679. The molecule has 0 radical (unpaired) electrons. The van der Waals surface area contributed by atoms with Crippen LogP contribution in [0.1, 0.15) is 17.2 Å². The van der Waals surface area contributed by atoms with Gasteiger partial charge in [0, 0.05) is 0 Å². The van der Waals surface area contributed by atoms with Crippen LogP contribution in [0.2, 0.25) is 0 Å². The van der Waals surface area contributed by atoms with Crippen molar-refractivity contribution >= 4 is 6.08 Å². The maximum Gasteiger partial charge on any atom is 0.187 e. The Morgan fingerprint density at radius 2 is 1.66 bits per heavy atom. The summed E-state index contributed by atoms with van der Waals surface area (Å²) >= 11 is 0. The molecule has 3 rings (SSSR count). The van der Waals surface area contributed by atoms with Gasteiger partial charge in [-0.25, -0.2) is 0 Å². The van der Waals surface area contributed by atoms with Gasteiger partial charge in [0.2, 0.25) is 0 Å². The minimum Gasteiger partial charge on any atom is -0.504 e. The highest BCUT2D eigenvalue weighted by Gasteiger charge is 2.43. The Labute approximate surface area is 219 Å². The first kappa shape index (κ1) is 29.6. The minimum atomic E-state index is -1.52. The first-order chi connectivity index (χ1) is 18.2. The lowest BCUT2D eigenvalue weighted by molar-refractivity contribution is -0.298. The quantitative estimate of drug-likeness (QED) is 0.187. The lowest BCUT2D eigenvalue weighted by Crippen LogP contribution is -2.59. The van der Waals surface area contributed by atoms with Gasteiger partial charge in [-0.15, -0.1) is 0 Å². The highest BCUT2D eigenvalue weighted by molar-refractivity contribution is 5.56. The third-order valence-corrected chi connectivity index (χ3v) is 6.06. The van der Waals surface area contributed by atoms with Gasteiger partial charge in [0.25, 0.3) is 0 Å². The largest absolute Gasteiger partial charge is 0.504 e. The number of hydrogen-bond acceptors (Lipinski definition) is 12. The molecule has 1 fully saturated rings. The van der Waals surface area contributed by atoms with E-state index in [1.54, 1.807) is 30.4 Å². The molecule has 0 bridgehead atoms. The highest BCUT2D eigenvalue weighted by atomic mass is 16.7. The molecule has 2 aromatic rings. The Balaban J connectivity index is 1.63. The van der Waals surface area contributed by atoms with Gasteiger partial charge in [-0.2, -0.15) is 0 Å². The molecule has 0 spiro atoms. The fourth-order valence-corrected chi connectivity index (χ4v) is 3.88. The topological polar surface area (TPSA) is 188 Å². The Hall–Kier alpha value is -2.94. The van der Waals surface area contributed by atoms with E-state index in [9.17, 15) is 35.7 Å². The van der Waals surface area contributed by atoms with Crippen LogP contribution in [0.4, 0.5) is 0 Å². The molecule has 1 heterocycles. The summed E-state index contributed by atoms with van der Waals surface area (Å²) in [6, 6.07) is 9.27. The second kappa shape index (κ2) is 13.7. The zero-order valence-corrected chi connectivity index (χ0v) is 21.0. The van der Waals surface area contributed by atoms with Crippen molar-refractivity contribution in [2.75, 3.05) is 34.0 Å². The van der Waals surface area contributed by atoms with Gasteiger partial charge in [-0.1, -0.05) is 24.3 Å². The van der Waals surface area contributed by atoms with Crippen LogP contribution < -0.4 is 14.2 Å². The van der Waals surface area contributed by atoms with E-state index in [-0.39, 0.29) is 23.9 Å². The summed E-state index contributed by atoms with van der Waals surface area (Å²) in [5.41, 5.74) is 1.06. The normalized spacial score (nSPS) is 25.2. The number of aliphatic hydroxyl groups excluding tert-OH is 6. The number of methoxy groups -OCH3 is 2. The van der Waals surface area contributed by atoms with Crippen molar-refractivity contribution in [3.63, 3.8) is 0 Å². The SMILES string of the molecule is COc1cc([C@H](O)[C@@H](CO)Oc2ccc(/C=C\CO[C@@H]3O[C@H](CO)[C@@H](O)[C@H](O)[C@H]3O)cc2OC)ccc1O. The van der Waals surface area contributed by atoms with Crippen molar-refractivity contribution < 1.29 is 59.4 Å². The predicted octanol–water partition coefficient (Wildman–Crippen LogP) is -0.288. The molecule has 1 aliphatic heterocycles. The molecule has 7 N–H and O–H groups in total. The molecule has 0 aromatic heterocycles. The third-order valence-electron chi connectivity index (χ3n) is 6.06. The van der Waals surface area contributed by atoms with Crippen LogP contribution >= 0.6 is 0 Å². The number of rotatable bonds is 12. The summed E-state index contributed by atoms with van der Waals surface area (Å²) in [5, 5.41) is 69.3. The molecule has 0 saturated carbocycles. The van der Waals surface area contributed by atoms with Gasteiger partial charge in [-0.05, 0) is 35.4 Å². The van der Waals surface area contributed by atoms with E-state index in [0.29, 0.717) is 16.9 Å². The maximum absolute atomic E-state index is 10.7. The Morgan fingerprint density at radius 3 is 2.32 bits per heavy atom. The number of benzene rings is 2. The van der Waals surface area contributed by atoms with Crippen molar-refractivity contribution in [3.8, 4) is 23.0 Å².